The third-order valence-corrected chi connectivity index (χ3v) is 4.90. The summed E-state index contributed by atoms with van der Waals surface area (Å²) in [4.78, 5) is 22.8. The second-order valence-corrected chi connectivity index (χ2v) is 7.63. The highest BCUT2D eigenvalue weighted by molar-refractivity contribution is 5.89. The Morgan fingerprint density at radius 3 is 2.29 bits per heavy atom. The van der Waals surface area contributed by atoms with Crippen LogP contribution in [0.1, 0.15) is 18.2 Å². The number of alkyl halides is 6. The van der Waals surface area contributed by atoms with E-state index in [9.17, 15) is 26.3 Å². The first-order valence-electron chi connectivity index (χ1n) is 10.6. The van der Waals surface area contributed by atoms with Crippen molar-refractivity contribution in [1.82, 2.24) is 24.9 Å². The number of aliphatic imine (C=N–C) groups is 1. The molecule has 0 aliphatic rings. The Bertz CT molecular complexity index is 1540. The zero-order valence-corrected chi connectivity index (χ0v) is 19.2. The molecule has 1 aromatic carbocycles. The van der Waals surface area contributed by atoms with Gasteiger partial charge >= 0.3 is 12.4 Å². The summed E-state index contributed by atoms with van der Waals surface area (Å²) >= 11 is 0. The van der Waals surface area contributed by atoms with Crippen LogP contribution in [0.2, 0.25) is 0 Å². The van der Waals surface area contributed by atoms with E-state index in [4.69, 9.17) is 5.26 Å². The van der Waals surface area contributed by atoms with E-state index in [-0.39, 0.29) is 11.6 Å². The molecule has 4 rings (SSSR count). The Kier molecular flexibility index (Phi) is 7.02. The number of anilines is 2. The van der Waals surface area contributed by atoms with Crippen molar-refractivity contribution in [3.05, 3.63) is 72.1 Å². The molecule has 0 radical (unpaired) electrons. The average molecular weight is 528 g/mol. The van der Waals surface area contributed by atoms with Crippen LogP contribution in [0.3, 0.4) is 0 Å². The molecule has 0 unspecified atom stereocenters. The van der Waals surface area contributed by atoms with Gasteiger partial charge < -0.3 is 5.32 Å². The lowest BCUT2D eigenvalue weighted by molar-refractivity contribution is -0.141. The molecule has 0 bridgehead atoms. The highest BCUT2D eigenvalue weighted by atomic mass is 19.4. The second-order valence-electron chi connectivity index (χ2n) is 7.63. The van der Waals surface area contributed by atoms with Gasteiger partial charge in [0, 0.05) is 17.4 Å². The van der Waals surface area contributed by atoms with Crippen molar-refractivity contribution in [1.29, 1.82) is 5.26 Å². The number of aromatic nitrogens is 5. The molecule has 14 heteroatoms. The van der Waals surface area contributed by atoms with Gasteiger partial charge in [0.1, 0.15) is 17.1 Å². The summed E-state index contributed by atoms with van der Waals surface area (Å²) in [5.74, 6) is -1.41. The molecule has 38 heavy (non-hydrogen) atoms. The predicted molar refractivity (Wildman–Crippen MR) is 125 cm³/mol. The van der Waals surface area contributed by atoms with Gasteiger partial charge in [-0.15, -0.1) is 0 Å². The molecule has 4 aromatic rings. The Labute approximate surface area is 210 Å². The van der Waals surface area contributed by atoms with Crippen LogP contribution in [-0.2, 0) is 6.18 Å². The van der Waals surface area contributed by atoms with E-state index in [1.165, 1.54) is 18.3 Å². The highest BCUT2D eigenvalue weighted by Crippen LogP contribution is 2.30. The zero-order chi connectivity index (χ0) is 27.5. The van der Waals surface area contributed by atoms with Crippen molar-refractivity contribution in [2.75, 3.05) is 5.32 Å². The highest BCUT2D eigenvalue weighted by Gasteiger charge is 2.33. The molecule has 0 aliphatic heterocycles. The number of pyridine rings is 2. The molecule has 0 saturated carbocycles. The van der Waals surface area contributed by atoms with Gasteiger partial charge in [-0.1, -0.05) is 18.2 Å². The van der Waals surface area contributed by atoms with Gasteiger partial charge in [0.25, 0.3) is 5.95 Å². The Morgan fingerprint density at radius 2 is 1.63 bits per heavy atom. The third-order valence-electron chi connectivity index (χ3n) is 4.90. The van der Waals surface area contributed by atoms with E-state index in [1.54, 1.807) is 30.3 Å². The minimum Gasteiger partial charge on any atom is -0.324 e. The summed E-state index contributed by atoms with van der Waals surface area (Å²) in [6.07, 6.45) is -8.11. The number of nitriles is 1. The maximum Gasteiger partial charge on any atom is 0.433 e. The van der Waals surface area contributed by atoms with Gasteiger partial charge in [0.05, 0.1) is 17.3 Å². The largest absolute Gasteiger partial charge is 0.433 e. The maximum atomic E-state index is 13.2. The fourth-order valence-corrected chi connectivity index (χ4v) is 3.03. The van der Waals surface area contributed by atoms with Gasteiger partial charge in [-0.2, -0.15) is 46.6 Å². The van der Waals surface area contributed by atoms with Crippen LogP contribution in [-0.4, -0.2) is 36.8 Å². The number of hydrogen-bond acceptors (Lipinski definition) is 8. The lowest BCUT2D eigenvalue weighted by atomic mass is 10.1. The van der Waals surface area contributed by atoms with Gasteiger partial charge in [0.2, 0.25) is 5.95 Å². The minimum absolute atomic E-state index is 0.292. The molecule has 0 amide bonds. The first-order valence-corrected chi connectivity index (χ1v) is 10.6. The topological polar surface area (TPSA) is 113 Å². The van der Waals surface area contributed by atoms with Crippen molar-refractivity contribution in [2.45, 2.75) is 19.3 Å². The smallest absolute Gasteiger partial charge is 0.324 e. The maximum absolute atomic E-state index is 13.2. The summed E-state index contributed by atoms with van der Waals surface area (Å²) < 4.78 is 78.7. The number of benzene rings is 1. The molecule has 0 fully saturated rings. The molecular weight excluding hydrogens is 514 g/mol. The number of hydrogen-bond donors (Lipinski definition) is 1. The monoisotopic (exact) mass is 528 g/mol. The van der Waals surface area contributed by atoms with Crippen LogP contribution in [0.15, 0.2) is 65.8 Å². The fourth-order valence-electron chi connectivity index (χ4n) is 3.03. The summed E-state index contributed by atoms with van der Waals surface area (Å²) in [7, 11) is 0. The van der Waals surface area contributed by atoms with Crippen LogP contribution in [0.5, 0.6) is 0 Å². The molecule has 3 heterocycles. The van der Waals surface area contributed by atoms with Crippen LogP contribution >= 0.6 is 0 Å². The van der Waals surface area contributed by atoms with E-state index >= 15 is 0 Å². The van der Waals surface area contributed by atoms with E-state index < -0.39 is 35.5 Å². The normalized spacial score (nSPS) is 12.2. The number of rotatable bonds is 5. The molecular formula is C24H14F6N8. The second kappa shape index (κ2) is 10.2. The zero-order valence-electron chi connectivity index (χ0n) is 19.2. The Balaban J connectivity index is 1.76. The predicted octanol–water partition coefficient (Wildman–Crippen LogP) is 6.28. The molecule has 3 aromatic heterocycles. The van der Waals surface area contributed by atoms with E-state index in [0.29, 0.717) is 29.4 Å². The summed E-state index contributed by atoms with van der Waals surface area (Å²) in [5.41, 5.74) is -0.892. The van der Waals surface area contributed by atoms with Crippen molar-refractivity contribution in [2.24, 2.45) is 4.99 Å². The first-order chi connectivity index (χ1) is 17.9. The fraction of sp³-hybridized carbons (Fsp3) is 0.125. The number of nitrogens with one attached hydrogen (secondary N) is 1. The molecule has 0 spiro atoms. The van der Waals surface area contributed by atoms with E-state index in [1.807, 2.05) is 6.07 Å². The Morgan fingerprint density at radius 1 is 0.895 bits per heavy atom. The summed E-state index contributed by atoms with van der Waals surface area (Å²) in [6.45, 7) is 0.700. The van der Waals surface area contributed by atoms with Crippen molar-refractivity contribution < 1.29 is 26.3 Å². The van der Waals surface area contributed by atoms with Crippen molar-refractivity contribution in [3.63, 3.8) is 0 Å². The van der Waals surface area contributed by atoms with Crippen LogP contribution in [0, 0.1) is 11.3 Å². The first kappa shape index (κ1) is 26.1. The van der Waals surface area contributed by atoms with Gasteiger partial charge in [0.15, 0.2) is 5.82 Å². The minimum atomic E-state index is -4.78. The van der Waals surface area contributed by atoms with Crippen LogP contribution in [0.25, 0.3) is 22.8 Å². The van der Waals surface area contributed by atoms with Crippen LogP contribution in [0.4, 0.5) is 43.9 Å². The molecule has 0 atom stereocenters. The molecule has 0 aliphatic carbocycles. The van der Waals surface area contributed by atoms with Gasteiger partial charge in [-0.3, -0.25) is 4.98 Å². The lowest BCUT2D eigenvalue weighted by Crippen LogP contribution is -2.19. The number of halogens is 6. The standard InChI is InChI=1S/C24H14F6N8/c1-13(23(25,26)27)33-21-36-20(17-3-2-4-19(35-17)24(28,29)30)37-22(38-21)34-16-9-10-32-18(11-16)15-7-5-14(12-31)6-8-15/h2-11H,1H3,(H,32,34,36,37,38). The molecule has 0 saturated heterocycles. The quantitative estimate of drug-likeness (QED) is 0.239. The van der Waals surface area contributed by atoms with Crippen molar-refractivity contribution in [3.8, 4) is 28.8 Å². The van der Waals surface area contributed by atoms with E-state index in [0.717, 1.165) is 12.1 Å². The van der Waals surface area contributed by atoms with E-state index in [2.05, 4.69) is 35.2 Å². The van der Waals surface area contributed by atoms with Crippen molar-refractivity contribution >= 4 is 23.3 Å². The number of nitrogens with zero attached hydrogens (tertiary/aromatic N) is 7. The summed E-state index contributed by atoms with van der Waals surface area (Å²) in [6, 6.07) is 14.6. The lowest BCUT2D eigenvalue weighted by Gasteiger charge is -2.11. The Hall–Kier alpha value is -4.93. The van der Waals surface area contributed by atoms with Crippen LogP contribution < -0.4 is 5.32 Å². The average Bonchev–Trinajstić information content (AvgIpc) is 2.88. The van der Waals surface area contributed by atoms with Gasteiger partial charge in [-0.05, 0) is 43.3 Å². The summed E-state index contributed by atoms with van der Waals surface area (Å²) in [5, 5.41) is 11.8. The molecule has 8 nitrogen and oxygen atoms in total. The van der Waals surface area contributed by atoms with Gasteiger partial charge in [-0.25, -0.2) is 9.98 Å². The SMILES string of the molecule is CC(=Nc1nc(Nc2ccnc(-c3ccc(C#N)cc3)c2)nc(-c2cccc(C(F)(F)F)n2)n1)C(F)(F)F. The molecule has 192 valence electrons. The third kappa shape index (κ3) is 6.25. The molecule has 1 N–H and O–H groups in total.